The third-order valence-corrected chi connectivity index (χ3v) is 13.8. The second-order valence-electron chi connectivity index (χ2n) is 15.7. The zero-order valence-corrected chi connectivity index (χ0v) is 32.4. The van der Waals surface area contributed by atoms with Crippen LogP contribution in [0.15, 0.2) is 192 Å². The normalized spacial score (nSPS) is 12.4. The van der Waals surface area contributed by atoms with Crippen molar-refractivity contribution in [2.75, 3.05) is 4.90 Å². The molecule has 0 amide bonds. The molecular formula is C54H31N3OS. The van der Waals surface area contributed by atoms with E-state index < -0.39 is 0 Å². The molecule has 5 aromatic heterocycles. The van der Waals surface area contributed by atoms with Gasteiger partial charge in [0.2, 0.25) is 0 Å². The lowest BCUT2D eigenvalue weighted by Crippen LogP contribution is -2.10. The number of nitrogens with zero attached hydrogens (tertiary/aromatic N) is 3. The molecule has 59 heavy (non-hydrogen) atoms. The van der Waals surface area contributed by atoms with Crippen molar-refractivity contribution >= 4 is 125 Å². The quantitative estimate of drug-likeness (QED) is 0.167. The van der Waals surface area contributed by atoms with Crippen molar-refractivity contribution in [2.24, 2.45) is 0 Å². The van der Waals surface area contributed by atoms with Gasteiger partial charge in [-0.2, -0.15) is 0 Å². The molecule has 0 aliphatic heterocycles. The fourth-order valence-corrected chi connectivity index (χ4v) is 11.2. The Hall–Kier alpha value is -7.60. The average molecular weight is 770 g/mol. The Morgan fingerprint density at radius 2 is 0.966 bits per heavy atom. The summed E-state index contributed by atoms with van der Waals surface area (Å²) in [7, 11) is 0. The van der Waals surface area contributed by atoms with Crippen LogP contribution in [-0.4, -0.2) is 8.80 Å². The second-order valence-corrected chi connectivity index (χ2v) is 16.8. The van der Waals surface area contributed by atoms with Gasteiger partial charge in [-0.3, -0.25) is 0 Å². The topological polar surface area (TPSA) is 25.2 Å². The maximum Gasteiger partial charge on any atom is 0.143 e. The Kier molecular flexibility index (Phi) is 6.14. The summed E-state index contributed by atoms with van der Waals surface area (Å²) in [5.41, 5.74) is 14.6. The van der Waals surface area contributed by atoms with Gasteiger partial charge in [-0.25, -0.2) is 0 Å². The molecule has 0 radical (unpaired) electrons. The molecular weight excluding hydrogens is 739 g/mol. The zero-order chi connectivity index (χ0) is 38.3. The van der Waals surface area contributed by atoms with Crippen LogP contribution >= 0.6 is 11.3 Å². The molecule has 4 nitrogen and oxygen atoms in total. The average Bonchev–Trinajstić information content (AvgIpc) is 4.05. The first-order valence-corrected chi connectivity index (χ1v) is 20.9. The monoisotopic (exact) mass is 769 g/mol. The molecule has 14 aromatic rings. The highest BCUT2D eigenvalue weighted by Crippen LogP contribution is 2.46. The Balaban J connectivity index is 1.04. The van der Waals surface area contributed by atoms with Crippen LogP contribution in [-0.2, 0) is 0 Å². The summed E-state index contributed by atoms with van der Waals surface area (Å²) < 4.78 is 14.1. The predicted molar refractivity (Wildman–Crippen MR) is 250 cm³/mol. The number of hydrogen-bond acceptors (Lipinski definition) is 3. The van der Waals surface area contributed by atoms with Gasteiger partial charge in [-0.05, 0) is 78.4 Å². The van der Waals surface area contributed by atoms with Crippen LogP contribution in [0.5, 0.6) is 0 Å². The number of hydrogen-bond donors (Lipinski definition) is 0. The van der Waals surface area contributed by atoms with Crippen molar-refractivity contribution in [1.29, 1.82) is 0 Å². The summed E-state index contributed by atoms with van der Waals surface area (Å²) in [6, 6.07) is 68.8. The summed E-state index contributed by atoms with van der Waals surface area (Å²) in [5.74, 6) is 0. The molecule has 0 saturated heterocycles. The van der Waals surface area contributed by atoms with Gasteiger partial charge < -0.3 is 18.1 Å². The van der Waals surface area contributed by atoms with Gasteiger partial charge >= 0.3 is 0 Å². The van der Waals surface area contributed by atoms with E-state index in [2.05, 4.69) is 190 Å². The maximum atomic E-state index is 6.48. The predicted octanol–water partition coefficient (Wildman–Crippen LogP) is 15.6. The van der Waals surface area contributed by atoms with Crippen LogP contribution in [0.4, 0.5) is 17.1 Å². The fourth-order valence-electron chi connectivity index (χ4n) is 10.1. The third kappa shape index (κ3) is 4.21. The van der Waals surface area contributed by atoms with Crippen LogP contribution in [0, 0.1) is 0 Å². The lowest BCUT2D eigenvalue weighted by molar-refractivity contribution is 0.670. The molecule has 0 aliphatic rings. The highest BCUT2D eigenvalue weighted by Gasteiger charge is 2.23. The van der Waals surface area contributed by atoms with E-state index in [1.807, 2.05) is 23.5 Å². The number of rotatable bonds is 4. The highest BCUT2D eigenvalue weighted by atomic mass is 32.1. The van der Waals surface area contributed by atoms with Crippen molar-refractivity contribution in [2.45, 2.75) is 0 Å². The van der Waals surface area contributed by atoms with Crippen molar-refractivity contribution in [1.82, 2.24) is 8.80 Å². The molecule has 0 saturated carbocycles. The van der Waals surface area contributed by atoms with E-state index in [4.69, 9.17) is 4.42 Å². The number of anilines is 3. The Morgan fingerprint density at radius 1 is 0.373 bits per heavy atom. The minimum atomic E-state index is 0.908. The summed E-state index contributed by atoms with van der Waals surface area (Å²) in [6.45, 7) is 0. The van der Waals surface area contributed by atoms with Crippen LogP contribution in [0.3, 0.4) is 0 Å². The van der Waals surface area contributed by atoms with Crippen molar-refractivity contribution < 1.29 is 4.42 Å². The van der Waals surface area contributed by atoms with Crippen LogP contribution < -0.4 is 4.90 Å². The molecule has 0 fully saturated rings. The number of aromatic nitrogens is 2. The number of furan rings is 1. The molecule has 14 rings (SSSR count). The van der Waals surface area contributed by atoms with Crippen LogP contribution in [0.1, 0.15) is 0 Å². The van der Waals surface area contributed by atoms with E-state index >= 15 is 0 Å². The number of thiophene rings is 1. The minimum Gasteiger partial charge on any atom is -0.455 e. The lowest BCUT2D eigenvalue weighted by Gasteiger charge is -2.26. The standard InChI is InChI=1S/C54H31N3OS/c1-5-16-45-37(10-1)41-26-27-42-38-11-2-6-17-46(38)57-48-31-35(24-28-47(48)56(45)52(41)53(42)57)55(34-25-29-51-44(30-34)40-13-4-8-19-50(40)59-51)33-22-20-32(21-23-33)36-14-9-15-43-39-12-3-7-18-49(39)58-54(36)43/h1-31H. The lowest BCUT2D eigenvalue weighted by atomic mass is 10.0. The van der Waals surface area contributed by atoms with E-state index in [0.717, 1.165) is 55.6 Å². The number of fused-ring (bicyclic) bond motifs is 15. The third-order valence-electron chi connectivity index (χ3n) is 12.6. The molecule has 0 unspecified atom stereocenters. The van der Waals surface area contributed by atoms with E-state index in [0.29, 0.717) is 0 Å². The second kappa shape index (κ2) is 11.5. The fraction of sp³-hybridized carbons (Fsp3) is 0. The molecule has 0 N–H and O–H groups in total. The maximum absolute atomic E-state index is 6.48. The molecule has 274 valence electrons. The minimum absolute atomic E-state index is 0.908. The largest absolute Gasteiger partial charge is 0.455 e. The molecule has 5 heteroatoms. The van der Waals surface area contributed by atoms with Gasteiger partial charge in [-0.1, -0.05) is 115 Å². The van der Waals surface area contributed by atoms with Crippen LogP contribution in [0.25, 0.3) is 108 Å². The van der Waals surface area contributed by atoms with Gasteiger partial charge in [0, 0.05) is 75.1 Å². The molecule has 9 aromatic carbocycles. The summed E-state index contributed by atoms with van der Waals surface area (Å²) >= 11 is 1.85. The Bertz CT molecular complexity index is 4030. The van der Waals surface area contributed by atoms with Gasteiger partial charge in [0.15, 0.2) is 0 Å². The first-order valence-electron chi connectivity index (χ1n) is 20.1. The van der Waals surface area contributed by atoms with E-state index in [-0.39, 0.29) is 0 Å². The van der Waals surface area contributed by atoms with E-state index in [1.54, 1.807) is 0 Å². The van der Waals surface area contributed by atoms with Gasteiger partial charge in [0.05, 0.1) is 33.1 Å². The molecule has 0 bridgehead atoms. The molecule has 0 spiro atoms. The number of benzene rings is 9. The first-order chi connectivity index (χ1) is 29.3. The molecule has 5 heterocycles. The van der Waals surface area contributed by atoms with Gasteiger partial charge in [0.25, 0.3) is 0 Å². The van der Waals surface area contributed by atoms with E-state index in [9.17, 15) is 0 Å². The molecule has 0 atom stereocenters. The zero-order valence-electron chi connectivity index (χ0n) is 31.6. The number of para-hydroxylation sites is 4. The first kappa shape index (κ1) is 31.5. The van der Waals surface area contributed by atoms with Crippen molar-refractivity contribution in [3.05, 3.63) is 188 Å². The summed E-state index contributed by atoms with van der Waals surface area (Å²) in [5, 5.41) is 9.92. The smallest absolute Gasteiger partial charge is 0.143 e. The summed E-state index contributed by atoms with van der Waals surface area (Å²) in [4.78, 5) is 2.42. The van der Waals surface area contributed by atoms with Crippen LogP contribution in [0.2, 0.25) is 0 Å². The van der Waals surface area contributed by atoms with Crippen molar-refractivity contribution in [3.63, 3.8) is 0 Å². The van der Waals surface area contributed by atoms with E-state index in [1.165, 1.54) is 69.3 Å². The Labute approximate surface area is 340 Å². The SMILES string of the molecule is c1ccc2c(c1)oc1c(-c3ccc(N(c4ccc5sc6ccccc6c5c4)c4ccc5c(c4)n4c6ccccc6c6ccc7c8ccccc8n5c7c64)cc3)cccc12. The molecule has 0 aliphatic carbocycles. The van der Waals surface area contributed by atoms with Gasteiger partial charge in [0.1, 0.15) is 11.2 Å². The summed E-state index contributed by atoms with van der Waals surface area (Å²) in [6.07, 6.45) is 0. The van der Waals surface area contributed by atoms with Gasteiger partial charge in [-0.15, -0.1) is 11.3 Å². The van der Waals surface area contributed by atoms with Crippen molar-refractivity contribution in [3.8, 4) is 11.1 Å². The highest BCUT2D eigenvalue weighted by molar-refractivity contribution is 7.25. The Morgan fingerprint density at radius 3 is 1.75 bits per heavy atom.